The molecule has 0 radical (unpaired) electrons. The minimum absolute atomic E-state index is 0.0765. The zero-order valence-electron chi connectivity index (χ0n) is 8.74. The van der Waals surface area contributed by atoms with Crippen molar-refractivity contribution in [2.45, 2.75) is 19.6 Å². The fraction of sp³-hybridized carbons (Fsp3) is 0.571. The largest absolute Gasteiger partial charge is 0.462 e. The summed E-state index contributed by atoms with van der Waals surface area (Å²) in [5.41, 5.74) is 0. The summed E-state index contributed by atoms with van der Waals surface area (Å²) in [7, 11) is 0. The van der Waals surface area contributed by atoms with E-state index in [-0.39, 0.29) is 18.2 Å². The van der Waals surface area contributed by atoms with E-state index >= 15 is 0 Å². The van der Waals surface area contributed by atoms with Gasteiger partial charge in [-0.05, 0) is 9.85 Å². The van der Waals surface area contributed by atoms with E-state index in [1.807, 2.05) is 0 Å². The summed E-state index contributed by atoms with van der Waals surface area (Å²) in [6, 6.07) is 0. The van der Waals surface area contributed by atoms with E-state index in [9.17, 15) is 25.3 Å². The number of imidazole rings is 1. The molecule has 0 aliphatic rings. The molecule has 1 unspecified atom stereocenters. The molecule has 10 heteroatoms. The van der Waals surface area contributed by atoms with Gasteiger partial charge in [0.05, 0.1) is 5.88 Å². The SMILES string of the molecule is Cc1nc([N+](=O)[O-])c([N+](=O)[O-])n1CC(O)CCl. The second-order valence-electron chi connectivity index (χ2n) is 3.24. The van der Waals surface area contributed by atoms with Crippen molar-refractivity contribution < 1.29 is 15.0 Å². The zero-order chi connectivity index (χ0) is 13.2. The van der Waals surface area contributed by atoms with E-state index in [1.165, 1.54) is 6.92 Å². The van der Waals surface area contributed by atoms with Gasteiger partial charge in [0.15, 0.2) is 0 Å². The van der Waals surface area contributed by atoms with Crippen LogP contribution in [-0.2, 0) is 6.54 Å². The molecule has 17 heavy (non-hydrogen) atoms. The number of halogens is 1. The van der Waals surface area contributed by atoms with Gasteiger partial charge in [-0.3, -0.25) is 0 Å². The van der Waals surface area contributed by atoms with Crippen molar-refractivity contribution in [2.75, 3.05) is 5.88 Å². The number of aliphatic hydroxyl groups is 1. The third-order valence-electron chi connectivity index (χ3n) is 2.03. The predicted molar refractivity (Wildman–Crippen MR) is 57.0 cm³/mol. The Morgan fingerprint density at radius 1 is 1.47 bits per heavy atom. The fourth-order valence-corrected chi connectivity index (χ4v) is 1.42. The van der Waals surface area contributed by atoms with Crippen molar-refractivity contribution in [3.8, 4) is 0 Å². The summed E-state index contributed by atoms with van der Waals surface area (Å²) in [6.45, 7) is 1.16. The van der Waals surface area contributed by atoms with Gasteiger partial charge in [0.25, 0.3) is 0 Å². The number of aryl methyl sites for hydroxylation is 1. The molecule has 1 rings (SSSR count). The van der Waals surface area contributed by atoms with Crippen molar-refractivity contribution >= 4 is 23.2 Å². The Balaban J connectivity index is 3.28. The highest BCUT2D eigenvalue weighted by Gasteiger charge is 2.36. The number of hydrogen-bond acceptors (Lipinski definition) is 6. The molecule has 1 N–H and O–H groups in total. The topological polar surface area (TPSA) is 124 Å². The lowest BCUT2D eigenvalue weighted by Gasteiger charge is -2.04. The molecule has 0 aromatic carbocycles. The van der Waals surface area contributed by atoms with Crippen molar-refractivity contribution in [3.05, 3.63) is 26.1 Å². The van der Waals surface area contributed by atoms with Gasteiger partial charge in [-0.1, -0.05) is 0 Å². The lowest BCUT2D eigenvalue weighted by Crippen LogP contribution is -2.19. The van der Waals surface area contributed by atoms with Crippen LogP contribution in [0.4, 0.5) is 11.6 Å². The first-order valence-electron chi connectivity index (χ1n) is 4.48. The average Bonchev–Trinajstić information content (AvgIpc) is 2.56. The lowest BCUT2D eigenvalue weighted by molar-refractivity contribution is -0.428. The average molecular weight is 265 g/mol. The summed E-state index contributed by atoms with van der Waals surface area (Å²) < 4.78 is 0.963. The van der Waals surface area contributed by atoms with Gasteiger partial charge < -0.3 is 25.3 Å². The predicted octanol–water partition coefficient (Wildman–Crippen LogP) is 0.608. The standard InChI is InChI=1S/C7H9ClN4O5/c1-4-9-6(11(14)15)7(12(16)17)10(4)3-5(13)2-8/h5,13H,2-3H2,1H3. The van der Waals surface area contributed by atoms with Crippen LogP contribution >= 0.6 is 11.6 Å². The van der Waals surface area contributed by atoms with Crippen molar-refractivity contribution in [3.63, 3.8) is 0 Å². The van der Waals surface area contributed by atoms with Gasteiger partial charge in [0.1, 0.15) is 12.6 Å². The van der Waals surface area contributed by atoms with Gasteiger partial charge in [0, 0.05) is 11.9 Å². The number of aromatic nitrogens is 2. The van der Waals surface area contributed by atoms with Crippen LogP contribution in [0, 0.1) is 27.2 Å². The number of rotatable bonds is 5. The fourth-order valence-electron chi connectivity index (χ4n) is 1.32. The Bertz CT molecular complexity index is 459. The van der Waals surface area contributed by atoms with Crippen molar-refractivity contribution in [1.29, 1.82) is 0 Å². The number of alkyl halides is 1. The Hall–Kier alpha value is -1.74. The summed E-state index contributed by atoms with van der Waals surface area (Å²) >= 11 is 5.37. The van der Waals surface area contributed by atoms with E-state index in [4.69, 9.17) is 11.6 Å². The van der Waals surface area contributed by atoms with Crippen LogP contribution in [0.3, 0.4) is 0 Å². The monoisotopic (exact) mass is 264 g/mol. The molecule has 0 saturated carbocycles. The highest BCUT2D eigenvalue weighted by molar-refractivity contribution is 6.18. The van der Waals surface area contributed by atoms with Gasteiger partial charge in [-0.2, -0.15) is 4.57 Å². The third-order valence-corrected chi connectivity index (χ3v) is 2.39. The first kappa shape index (κ1) is 13.3. The zero-order valence-corrected chi connectivity index (χ0v) is 9.49. The van der Waals surface area contributed by atoms with Gasteiger partial charge in [0.2, 0.25) is 0 Å². The lowest BCUT2D eigenvalue weighted by atomic mass is 10.4. The number of nitro groups is 2. The third kappa shape index (κ3) is 2.68. The second kappa shape index (κ2) is 5.06. The molecular weight excluding hydrogens is 256 g/mol. The maximum atomic E-state index is 10.8. The van der Waals surface area contributed by atoms with Crippen molar-refractivity contribution in [2.24, 2.45) is 0 Å². The minimum Gasteiger partial charge on any atom is -0.388 e. The summed E-state index contributed by atoms with van der Waals surface area (Å²) in [6.07, 6.45) is -1.04. The molecule has 0 amide bonds. The molecule has 0 bridgehead atoms. The van der Waals surface area contributed by atoms with E-state index in [0.717, 1.165) is 4.57 Å². The van der Waals surface area contributed by atoms with E-state index < -0.39 is 27.6 Å². The molecule has 94 valence electrons. The van der Waals surface area contributed by atoms with Crippen LogP contribution in [0.25, 0.3) is 0 Å². The molecule has 1 heterocycles. The van der Waals surface area contributed by atoms with E-state index in [2.05, 4.69) is 4.98 Å². The van der Waals surface area contributed by atoms with E-state index in [1.54, 1.807) is 0 Å². The quantitative estimate of drug-likeness (QED) is 0.472. The maximum absolute atomic E-state index is 10.8. The Kier molecular flexibility index (Phi) is 3.97. The normalized spacial score (nSPS) is 12.4. The number of nitrogens with zero attached hydrogens (tertiary/aromatic N) is 4. The van der Waals surface area contributed by atoms with Gasteiger partial charge >= 0.3 is 17.5 Å². The highest BCUT2D eigenvalue weighted by Crippen LogP contribution is 2.27. The molecule has 1 aromatic heterocycles. The van der Waals surface area contributed by atoms with Crippen LogP contribution in [0.5, 0.6) is 0 Å². The molecule has 1 atom stereocenters. The molecule has 1 aromatic rings. The first-order valence-corrected chi connectivity index (χ1v) is 5.01. The second-order valence-corrected chi connectivity index (χ2v) is 3.55. The van der Waals surface area contributed by atoms with Crippen LogP contribution in [0.2, 0.25) is 0 Å². The minimum atomic E-state index is -1.04. The van der Waals surface area contributed by atoms with Crippen LogP contribution in [0.15, 0.2) is 0 Å². The van der Waals surface area contributed by atoms with Crippen LogP contribution in [-0.4, -0.2) is 36.5 Å². The van der Waals surface area contributed by atoms with Crippen LogP contribution in [0.1, 0.15) is 5.82 Å². The maximum Gasteiger partial charge on any atom is 0.462 e. The molecule has 0 spiro atoms. The Morgan fingerprint density at radius 2 is 2.06 bits per heavy atom. The molecule has 0 saturated heterocycles. The van der Waals surface area contributed by atoms with Gasteiger partial charge in [-0.25, -0.2) is 0 Å². The van der Waals surface area contributed by atoms with Crippen LogP contribution < -0.4 is 0 Å². The summed E-state index contributed by atoms with van der Waals surface area (Å²) in [5, 5.41) is 30.7. The summed E-state index contributed by atoms with van der Waals surface area (Å²) in [4.78, 5) is 23.0. The molecule has 0 aliphatic heterocycles. The van der Waals surface area contributed by atoms with Gasteiger partial charge in [-0.15, -0.1) is 11.6 Å². The Labute approximate surface area is 99.9 Å². The number of aliphatic hydroxyl groups excluding tert-OH is 1. The van der Waals surface area contributed by atoms with Crippen molar-refractivity contribution in [1.82, 2.24) is 9.55 Å². The molecule has 0 aliphatic carbocycles. The molecule has 0 fully saturated rings. The molecular formula is C7H9ClN4O5. The number of hydrogen-bond donors (Lipinski definition) is 1. The highest BCUT2D eigenvalue weighted by atomic mass is 35.5. The smallest absolute Gasteiger partial charge is 0.388 e. The summed E-state index contributed by atoms with van der Waals surface area (Å²) in [5.74, 6) is -1.65. The van der Waals surface area contributed by atoms with E-state index in [0.29, 0.717) is 0 Å². The Morgan fingerprint density at radius 3 is 2.47 bits per heavy atom. The first-order chi connectivity index (χ1) is 7.88. The molecule has 9 nitrogen and oxygen atoms in total.